The molecule has 0 spiro atoms. The second-order valence-corrected chi connectivity index (χ2v) is 6.65. The van der Waals surface area contributed by atoms with Crippen molar-refractivity contribution in [2.45, 2.75) is 32.8 Å². The summed E-state index contributed by atoms with van der Waals surface area (Å²) >= 11 is 6.21. The zero-order valence-corrected chi connectivity index (χ0v) is 14.8. The standard InChI is InChI=1S/C16H26ClN3O2/c1-16(2,3)22-15(21)19-11-7-10-18-13-9-6-8-12(17)14(13)20(4)5/h6,8-9,18H,7,10-11H2,1-5H3,(H,19,21). The molecule has 1 amide bonds. The molecular weight excluding hydrogens is 302 g/mol. The van der Waals surface area contributed by atoms with E-state index in [-0.39, 0.29) is 6.09 Å². The lowest BCUT2D eigenvalue weighted by Crippen LogP contribution is -2.33. The van der Waals surface area contributed by atoms with Gasteiger partial charge in [-0.05, 0) is 39.3 Å². The summed E-state index contributed by atoms with van der Waals surface area (Å²) in [6.45, 7) is 6.82. The summed E-state index contributed by atoms with van der Waals surface area (Å²) in [4.78, 5) is 13.5. The van der Waals surface area contributed by atoms with Crippen molar-refractivity contribution in [1.82, 2.24) is 5.32 Å². The highest BCUT2D eigenvalue weighted by atomic mass is 35.5. The number of rotatable bonds is 6. The lowest BCUT2D eigenvalue weighted by atomic mass is 10.2. The van der Waals surface area contributed by atoms with Gasteiger partial charge in [-0.3, -0.25) is 0 Å². The van der Waals surface area contributed by atoms with Gasteiger partial charge in [-0.25, -0.2) is 4.79 Å². The van der Waals surface area contributed by atoms with Crippen LogP contribution in [0.25, 0.3) is 0 Å². The third-order valence-corrected chi connectivity index (χ3v) is 3.08. The topological polar surface area (TPSA) is 53.6 Å². The van der Waals surface area contributed by atoms with Gasteiger partial charge in [-0.2, -0.15) is 0 Å². The van der Waals surface area contributed by atoms with E-state index in [4.69, 9.17) is 16.3 Å². The number of para-hydroxylation sites is 1. The summed E-state index contributed by atoms with van der Waals surface area (Å²) in [7, 11) is 3.91. The van der Waals surface area contributed by atoms with Crippen LogP contribution in [0.2, 0.25) is 5.02 Å². The fraction of sp³-hybridized carbons (Fsp3) is 0.562. The Kier molecular flexibility index (Phi) is 6.81. The van der Waals surface area contributed by atoms with Gasteiger partial charge in [0.1, 0.15) is 5.60 Å². The normalized spacial score (nSPS) is 11.0. The predicted molar refractivity (Wildman–Crippen MR) is 93.1 cm³/mol. The van der Waals surface area contributed by atoms with Crippen molar-refractivity contribution >= 4 is 29.1 Å². The van der Waals surface area contributed by atoms with Crippen LogP contribution in [0.4, 0.5) is 16.2 Å². The molecule has 5 nitrogen and oxygen atoms in total. The van der Waals surface area contributed by atoms with Crippen molar-refractivity contribution in [1.29, 1.82) is 0 Å². The Morgan fingerprint density at radius 1 is 1.27 bits per heavy atom. The number of benzene rings is 1. The van der Waals surface area contributed by atoms with Gasteiger partial charge >= 0.3 is 6.09 Å². The highest BCUT2D eigenvalue weighted by Crippen LogP contribution is 2.32. The first-order chi connectivity index (χ1) is 10.2. The molecule has 1 rings (SSSR count). The number of amides is 1. The third-order valence-electron chi connectivity index (χ3n) is 2.77. The van der Waals surface area contributed by atoms with Crippen LogP contribution < -0.4 is 15.5 Å². The Morgan fingerprint density at radius 2 is 1.95 bits per heavy atom. The number of ether oxygens (including phenoxy) is 1. The summed E-state index contributed by atoms with van der Waals surface area (Å²) < 4.78 is 5.17. The monoisotopic (exact) mass is 327 g/mol. The number of alkyl carbamates (subject to hydrolysis) is 1. The summed E-state index contributed by atoms with van der Waals surface area (Å²) in [6.07, 6.45) is 0.405. The first kappa shape index (κ1) is 18.4. The van der Waals surface area contributed by atoms with E-state index < -0.39 is 5.60 Å². The average Bonchev–Trinajstić information content (AvgIpc) is 2.35. The maximum atomic E-state index is 11.5. The van der Waals surface area contributed by atoms with Crippen LogP contribution in [0.5, 0.6) is 0 Å². The maximum absolute atomic E-state index is 11.5. The Morgan fingerprint density at radius 3 is 2.55 bits per heavy atom. The Bertz CT molecular complexity index is 499. The number of halogens is 1. The summed E-state index contributed by atoms with van der Waals surface area (Å²) in [6, 6.07) is 5.77. The van der Waals surface area contributed by atoms with Gasteiger partial charge in [0.25, 0.3) is 0 Å². The van der Waals surface area contributed by atoms with E-state index in [9.17, 15) is 4.79 Å². The number of nitrogens with one attached hydrogen (secondary N) is 2. The van der Waals surface area contributed by atoms with Gasteiger partial charge in [0.15, 0.2) is 0 Å². The van der Waals surface area contributed by atoms with E-state index in [2.05, 4.69) is 10.6 Å². The van der Waals surface area contributed by atoms with Crippen LogP contribution >= 0.6 is 11.6 Å². The summed E-state index contributed by atoms with van der Waals surface area (Å²) in [5.74, 6) is 0. The smallest absolute Gasteiger partial charge is 0.407 e. The van der Waals surface area contributed by atoms with Crippen LogP contribution in [0, 0.1) is 0 Å². The van der Waals surface area contributed by atoms with Crippen molar-refractivity contribution in [2.75, 3.05) is 37.4 Å². The minimum atomic E-state index is -0.469. The van der Waals surface area contributed by atoms with E-state index in [1.165, 1.54) is 0 Å². The van der Waals surface area contributed by atoms with Gasteiger partial charge in [-0.1, -0.05) is 17.7 Å². The Balaban J connectivity index is 2.37. The van der Waals surface area contributed by atoms with Crippen LogP contribution in [0.1, 0.15) is 27.2 Å². The van der Waals surface area contributed by atoms with E-state index in [1.807, 2.05) is 58.0 Å². The molecule has 0 aliphatic rings. The summed E-state index contributed by atoms with van der Waals surface area (Å²) in [5.41, 5.74) is 1.48. The lowest BCUT2D eigenvalue weighted by molar-refractivity contribution is 0.0528. The van der Waals surface area contributed by atoms with Crippen LogP contribution in [0.3, 0.4) is 0 Å². The summed E-state index contributed by atoms with van der Waals surface area (Å²) in [5, 5.41) is 6.79. The van der Waals surface area contributed by atoms with E-state index in [0.717, 1.165) is 24.3 Å². The molecule has 0 aromatic heterocycles. The Labute approximate surface area is 138 Å². The minimum Gasteiger partial charge on any atom is -0.444 e. The number of anilines is 2. The van der Waals surface area contributed by atoms with Gasteiger partial charge in [0.05, 0.1) is 16.4 Å². The second-order valence-electron chi connectivity index (χ2n) is 6.24. The molecule has 0 aliphatic heterocycles. The molecule has 1 aromatic carbocycles. The van der Waals surface area contributed by atoms with E-state index in [0.29, 0.717) is 11.6 Å². The molecule has 1 aromatic rings. The first-order valence-corrected chi connectivity index (χ1v) is 7.75. The molecule has 6 heteroatoms. The number of nitrogens with zero attached hydrogens (tertiary/aromatic N) is 1. The highest BCUT2D eigenvalue weighted by molar-refractivity contribution is 6.34. The molecule has 0 radical (unpaired) electrons. The predicted octanol–water partition coefficient (Wildman–Crippen LogP) is 3.73. The van der Waals surface area contributed by atoms with Crippen molar-refractivity contribution in [3.63, 3.8) is 0 Å². The number of hydrogen-bond acceptors (Lipinski definition) is 4. The largest absolute Gasteiger partial charge is 0.444 e. The van der Waals surface area contributed by atoms with Crippen molar-refractivity contribution in [3.8, 4) is 0 Å². The van der Waals surface area contributed by atoms with Gasteiger partial charge < -0.3 is 20.3 Å². The highest BCUT2D eigenvalue weighted by Gasteiger charge is 2.15. The molecular formula is C16H26ClN3O2. The van der Waals surface area contributed by atoms with Crippen molar-refractivity contribution in [2.24, 2.45) is 0 Å². The quantitative estimate of drug-likeness (QED) is 0.782. The molecule has 124 valence electrons. The molecule has 0 unspecified atom stereocenters. The molecule has 0 atom stereocenters. The SMILES string of the molecule is CN(C)c1c(Cl)cccc1NCCCNC(=O)OC(C)(C)C. The lowest BCUT2D eigenvalue weighted by Gasteiger charge is -2.20. The molecule has 0 bridgehead atoms. The van der Waals surface area contributed by atoms with Crippen molar-refractivity contribution < 1.29 is 9.53 Å². The molecule has 2 N–H and O–H groups in total. The van der Waals surface area contributed by atoms with Crippen LogP contribution in [0.15, 0.2) is 18.2 Å². The first-order valence-electron chi connectivity index (χ1n) is 7.37. The minimum absolute atomic E-state index is 0.385. The van der Waals surface area contributed by atoms with Gasteiger partial charge in [0.2, 0.25) is 0 Å². The van der Waals surface area contributed by atoms with Gasteiger partial charge in [0, 0.05) is 27.2 Å². The molecule has 22 heavy (non-hydrogen) atoms. The zero-order chi connectivity index (χ0) is 16.8. The fourth-order valence-electron chi connectivity index (χ4n) is 1.93. The molecule has 0 aliphatic carbocycles. The average molecular weight is 328 g/mol. The number of carbonyl (C=O) groups is 1. The van der Waals surface area contributed by atoms with E-state index >= 15 is 0 Å². The molecule has 0 saturated carbocycles. The number of carbonyl (C=O) groups excluding carboxylic acids is 1. The molecule has 0 heterocycles. The van der Waals surface area contributed by atoms with E-state index in [1.54, 1.807) is 0 Å². The van der Waals surface area contributed by atoms with Crippen LogP contribution in [-0.2, 0) is 4.74 Å². The maximum Gasteiger partial charge on any atom is 0.407 e. The fourth-order valence-corrected chi connectivity index (χ4v) is 2.27. The zero-order valence-electron chi connectivity index (χ0n) is 14.0. The third kappa shape index (κ3) is 6.43. The Hall–Kier alpha value is -1.62. The molecule has 0 saturated heterocycles. The van der Waals surface area contributed by atoms with Crippen LogP contribution in [-0.4, -0.2) is 38.9 Å². The molecule has 0 fully saturated rings. The number of hydrogen-bond donors (Lipinski definition) is 2. The van der Waals surface area contributed by atoms with Gasteiger partial charge in [-0.15, -0.1) is 0 Å². The second kappa shape index (κ2) is 8.13. The van der Waals surface area contributed by atoms with Crippen molar-refractivity contribution in [3.05, 3.63) is 23.2 Å².